The van der Waals surface area contributed by atoms with Gasteiger partial charge >= 0.3 is 0 Å². The third kappa shape index (κ3) is 2.19. The minimum atomic E-state index is -0.147. The molecule has 0 aliphatic rings. The second kappa shape index (κ2) is 5.16. The number of hydrogen-bond donors (Lipinski definition) is 0. The summed E-state index contributed by atoms with van der Waals surface area (Å²) in [7, 11) is 0. The maximum atomic E-state index is 12.4. The fourth-order valence-electron chi connectivity index (χ4n) is 2.15. The van der Waals surface area contributed by atoms with Crippen LogP contribution in [-0.4, -0.2) is 19.6 Å². The van der Waals surface area contributed by atoms with Gasteiger partial charge in [-0.05, 0) is 23.8 Å². The molecule has 0 saturated heterocycles. The van der Waals surface area contributed by atoms with Gasteiger partial charge in [-0.3, -0.25) is 9.78 Å². The summed E-state index contributed by atoms with van der Waals surface area (Å²) < 4.78 is 1.97. The van der Waals surface area contributed by atoms with Gasteiger partial charge in [0.05, 0.1) is 4.53 Å². The molecule has 0 bridgehead atoms. The summed E-state index contributed by atoms with van der Waals surface area (Å²) in [6.45, 7) is 0. The van der Waals surface area contributed by atoms with E-state index in [-0.39, 0.29) is 5.56 Å². The van der Waals surface area contributed by atoms with Crippen molar-refractivity contribution in [1.82, 2.24) is 19.6 Å². The highest BCUT2D eigenvalue weighted by molar-refractivity contribution is 7.15. The Kier molecular flexibility index (Phi) is 3.01. The van der Waals surface area contributed by atoms with E-state index in [2.05, 4.69) is 15.1 Å². The number of hydrogen-bond acceptors (Lipinski definition) is 5. The van der Waals surface area contributed by atoms with Crippen LogP contribution in [0, 0.1) is 0 Å². The van der Waals surface area contributed by atoms with E-state index in [1.807, 2.05) is 48.5 Å². The third-order valence-electron chi connectivity index (χ3n) is 3.22. The first-order valence-electron chi connectivity index (χ1n) is 6.68. The van der Waals surface area contributed by atoms with E-state index in [0.717, 1.165) is 11.1 Å². The lowest BCUT2D eigenvalue weighted by atomic mass is 10.2. The van der Waals surface area contributed by atoms with Gasteiger partial charge in [0.25, 0.3) is 5.56 Å². The summed E-state index contributed by atoms with van der Waals surface area (Å²) >= 11 is 1.34. The average Bonchev–Trinajstić information content (AvgIpc) is 3.10. The Morgan fingerprint density at radius 1 is 1.05 bits per heavy atom. The first-order valence-corrected chi connectivity index (χ1v) is 7.50. The summed E-state index contributed by atoms with van der Waals surface area (Å²) in [6.07, 6.45) is 5.22. The SMILES string of the molecule is O=c1/c(=C/c2ccncc2)sc2nc(-c3ccccc3)nn12. The number of rotatable bonds is 2. The molecule has 0 aliphatic carbocycles. The molecule has 0 aliphatic heterocycles. The van der Waals surface area contributed by atoms with Crippen LogP contribution in [0.3, 0.4) is 0 Å². The molecule has 6 heteroatoms. The summed E-state index contributed by atoms with van der Waals surface area (Å²) in [5.74, 6) is 0.569. The van der Waals surface area contributed by atoms with Crippen LogP contribution in [0.5, 0.6) is 0 Å². The highest BCUT2D eigenvalue weighted by atomic mass is 32.1. The Morgan fingerprint density at radius 3 is 2.55 bits per heavy atom. The molecule has 22 heavy (non-hydrogen) atoms. The topological polar surface area (TPSA) is 60.2 Å². The molecule has 0 amide bonds. The quantitative estimate of drug-likeness (QED) is 0.566. The van der Waals surface area contributed by atoms with E-state index < -0.39 is 0 Å². The highest BCUT2D eigenvalue weighted by Gasteiger charge is 2.11. The molecule has 0 spiro atoms. The molecular formula is C16H10N4OS. The van der Waals surface area contributed by atoms with Crippen molar-refractivity contribution >= 4 is 22.4 Å². The van der Waals surface area contributed by atoms with Crippen LogP contribution >= 0.6 is 11.3 Å². The van der Waals surface area contributed by atoms with Gasteiger partial charge in [0.2, 0.25) is 4.96 Å². The maximum Gasteiger partial charge on any atom is 0.291 e. The van der Waals surface area contributed by atoms with Crippen molar-refractivity contribution in [3.8, 4) is 11.4 Å². The number of benzene rings is 1. The molecule has 3 aromatic heterocycles. The van der Waals surface area contributed by atoms with Crippen LogP contribution < -0.4 is 10.1 Å². The van der Waals surface area contributed by atoms with Crippen molar-refractivity contribution in [3.63, 3.8) is 0 Å². The molecule has 0 radical (unpaired) electrons. The molecule has 3 heterocycles. The zero-order valence-electron chi connectivity index (χ0n) is 11.4. The Labute approximate surface area is 129 Å². The van der Waals surface area contributed by atoms with Crippen molar-refractivity contribution in [2.45, 2.75) is 0 Å². The summed E-state index contributed by atoms with van der Waals surface area (Å²) in [5.41, 5.74) is 1.68. The Balaban J connectivity index is 1.85. The molecule has 0 fully saturated rings. The average molecular weight is 306 g/mol. The molecular weight excluding hydrogens is 296 g/mol. The largest absolute Gasteiger partial charge is 0.291 e. The van der Waals surface area contributed by atoms with Crippen molar-refractivity contribution < 1.29 is 0 Å². The van der Waals surface area contributed by atoms with Crippen molar-refractivity contribution in [3.05, 3.63) is 75.3 Å². The second-order valence-electron chi connectivity index (χ2n) is 4.69. The lowest BCUT2D eigenvalue weighted by molar-refractivity contribution is 0.937. The van der Waals surface area contributed by atoms with Gasteiger partial charge in [0, 0.05) is 18.0 Å². The minimum absolute atomic E-state index is 0.147. The van der Waals surface area contributed by atoms with Gasteiger partial charge in [-0.15, -0.1) is 5.10 Å². The van der Waals surface area contributed by atoms with E-state index in [1.54, 1.807) is 12.4 Å². The molecule has 0 atom stereocenters. The van der Waals surface area contributed by atoms with Gasteiger partial charge in [-0.1, -0.05) is 41.7 Å². The van der Waals surface area contributed by atoms with Crippen LogP contribution in [0.25, 0.3) is 22.4 Å². The summed E-state index contributed by atoms with van der Waals surface area (Å²) in [4.78, 5) is 21.4. The third-order valence-corrected chi connectivity index (χ3v) is 4.18. The molecule has 5 nitrogen and oxygen atoms in total. The van der Waals surface area contributed by atoms with Crippen LogP contribution in [-0.2, 0) is 0 Å². The van der Waals surface area contributed by atoms with E-state index in [9.17, 15) is 4.79 Å². The predicted octanol–water partition coefficient (Wildman–Crippen LogP) is 1.76. The normalized spacial score (nSPS) is 12.1. The molecule has 0 N–H and O–H groups in total. The predicted molar refractivity (Wildman–Crippen MR) is 85.6 cm³/mol. The van der Waals surface area contributed by atoms with Crippen LogP contribution in [0.2, 0.25) is 0 Å². The number of thiazole rings is 1. The van der Waals surface area contributed by atoms with Crippen LogP contribution in [0.1, 0.15) is 5.56 Å². The Hall–Kier alpha value is -2.86. The molecule has 1 aromatic carbocycles. The second-order valence-corrected chi connectivity index (χ2v) is 5.70. The smallest absolute Gasteiger partial charge is 0.266 e. The van der Waals surface area contributed by atoms with Crippen molar-refractivity contribution in [1.29, 1.82) is 0 Å². The van der Waals surface area contributed by atoms with Gasteiger partial charge in [-0.2, -0.15) is 9.50 Å². The van der Waals surface area contributed by atoms with E-state index in [0.29, 0.717) is 15.3 Å². The molecule has 106 valence electrons. The summed E-state index contributed by atoms with van der Waals surface area (Å²) in [5, 5.41) is 4.32. The fraction of sp³-hybridized carbons (Fsp3) is 0. The zero-order chi connectivity index (χ0) is 14.9. The first kappa shape index (κ1) is 12.8. The van der Waals surface area contributed by atoms with Crippen molar-refractivity contribution in [2.75, 3.05) is 0 Å². The number of pyridine rings is 1. The zero-order valence-corrected chi connectivity index (χ0v) is 12.2. The lowest BCUT2D eigenvalue weighted by Crippen LogP contribution is -2.23. The monoisotopic (exact) mass is 306 g/mol. The van der Waals surface area contributed by atoms with E-state index in [1.165, 1.54) is 15.9 Å². The lowest BCUT2D eigenvalue weighted by Gasteiger charge is -1.91. The highest BCUT2D eigenvalue weighted by Crippen LogP contribution is 2.15. The first-order chi connectivity index (χ1) is 10.8. The number of fused-ring (bicyclic) bond motifs is 1. The van der Waals surface area contributed by atoms with Gasteiger partial charge in [0.1, 0.15) is 0 Å². The molecule has 0 saturated carbocycles. The molecule has 4 rings (SSSR count). The van der Waals surface area contributed by atoms with E-state index >= 15 is 0 Å². The number of aromatic nitrogens is 4. The van der Waals surface area contributed by atoms with Crippen molar-refractivity contribution in [2.24, 2.45) is 0 Å². The molecule has 0 unspecified atom stereocenters. The standard InChI is InChI=1S/C16H10N4OS/c21-15-13(10-11-6-8-17-9-7-11)22-16-18-14(19-20(15)16)12-4-2-1-3-5-12/h1-10H/b13-10-. The minimum Gasteiger partial charge on any atom is -0.266 e. The Morgan fingerprint density at radius 2 is 1.82 bits per heavy atom. The van der Waals surface area contributed by atoms with Gasteiger partial charge in [-0.25, -0.2) is 0 Å². The molecule has 4 aromatic rings. The summed E-state index contributed by atoms with van der Waals surface area (Å²) in [6, 6.07) is 13.3. The fourth-order valence-corrected chi connectivity index (χ4v) is 3.06. The van der Waals surface area contributed by atoms with Gasteiger partial charge < -0.3 is 0 Å². The van der Waals surface area contributed by atoms with Crippen LogP contribution in [0.15, 0.2) is 59.7 Å². The van der Waals surface area contributed by atoms with Crippen LogP contribution in [0.4, 0.5) is 0 Å². The van der Waals surface area contributed by atoms with E-state index in [4.69, 9.17) is 0 Å². The van der Waals surface area contributed by atoms with Gasteiger partial charge in [0.15, 0.2) is 5.82 Å². The maximum absolute atomic E-state index is 12.4. The Bertz CT molecular complexity index is 1040. The number of nitrogens with zero attached hydrogens (tertiary/aromatic N) is 4.